The topological polar surface area (TPSA) is 63.4 Å². The lowest BCUT2D eigenvalue weighted by molar-refractivity contribution is 0.106. The van der Waals surface area contributed by atoms with Crippen LogP contribution in [-0.2, 0) is 0 Å². The van der Waals surface area contributed by atoms with Gasteiger partial charge in [0.2, 0.25) is 0 Å². The fourth-order valence-electron chi connectivity index (χ4n) is 2.94. The molecule has 0 spiro atoms. The fraction of sp³-hybridized carbons (Fsp3) is 0.333. The van der Waals surface area contributed by atoms with Gasteiger partial charge in [0.1, 0.15) is 17.5 Å². The van der Waals surface area contributed by atoms with Crippen LogP contribution in [-0.4, -0.2) is 47.7 Å². The van der Waals surface area contributed by atoms with Crippen LogP contribution in [0.5, 0.6) is 0 Å². The lowest BCUT2D eigenvalue weighted by atomic mass is 10.1. The first-order valence-electron chi connectivity index (χ1n) is 8.03. The second-order valence-electron chi connectivity index (χ2n) is 5.98. The maximum absolute atomic E-state index is 13.7. The Morgan fingerprint density at radius 1 is 1.16 bits per heavy atom. The molecule has 1 N–H and O–H groups in total. The number of rotatable bonds is 4. The van der Waals surface area contributed by atoms with E-state index in [0.717, 1.165) is 18.0 Å². The maximum atomic E-state index is 13.7. The molecule has 3 rings (SSSR count). The van der Waals surface area contributed by atoms with Crippen molar-refractivity contribution in [3.63, 3.8) is 0 Å². The van der Waals surface area contributed by atoms with Crippen LogP contribution in [0.1, 0.15) is 17.2 Å². The van der Waals surface area contributed by atoms with E-state index in [2.05, 4.69) is 16.0 Å². The summed E-state index contributed by atoms with van der Waals surface area (Å²) in [6.45, 7) is 3.03. The molecule has 0 radical (unpaired) electrons. The minimum absolute atomic E-state index is 0.104. The Morgan fingerprint density at radius 2 is 1.92 bits per heavy atom. The highest BCUT2D eigenvalue weighted by molar-refractivity contribution is 5.45. The van der Waals surface area contributed by atoms with Crippen molar-refractivity contribution in [3.05, 3.63) is 59.3 Å². The molecule has 2 heterocycles. The Morgan fingerprint density at radius 3 is 2.60 bits per heavy atom. The van der Waals surface area contributed by atoms with Crippen LogP contribution in [0.4, 0.5) is 14.6 Å². The molecule has 7 heteroatoms. The molecule has 25 heavy (non-hydrogen) atoms. The lowest BCUT2D eigenvalue weighted by Crippen LogP contribution is -2.47. The number of hydrogen-bond acceptors (Lipinski definition) is 5. The smallest absolute Gasteiger partial charge is 0.131 e. The fourth-order valence-corrected chi connectivity index (χ4v) is 2.94. The number of aromatic nitrogens is 1. The van der Waals surface area contributed by atoms with Gasteiger partial charge in [0, 0.05) is 50.6 Å². The molecule has 5 nitrogen and oxygen atoms in total. The SMILES string of the molecule is N#Cc1ccnc(N2CCN(C[C@@H](O)c3ccc(F)cc3F)CC2)c1. The number of piperazine rings is 1. The number of nitrogens with zero attached hydrogens (tertiary/aromatic N) is 4. The number of anilines is 1. The van der Waals surface area contributed by atoms with Gasteiger partial charge >= 0.3 is 0 Å². The number of aliphatic hydroxyl groups is 1. The maximum Gasteiger partial charge on any atom is 0.131 e. The molecule has 0 saturated carbocycles. The molecule has 1 aromatic carbocycles. The van der Waals surface area contributed by atoms with Crippen LogP contribution in [0.2, 0.25) is 0 Å². The van der Waals surface area contributed by atoms with E-state index in [1.807, 2.05) is 4.90 Å². The zero-order valence-corrected chi connectivity index (χ0v) is 13.6. The number of pyridine rings is 1. The van der Waals surface area contributed by atoms with Crippen molar-refractivity contribution < 1.29 is 13.9 Å². The third-order valence-electron chi connectivity index (χ3n) is 4.32. The highest BCUT2D eigenvalue weighted by atomic mass is 19.1. The Bertz CT molecular complexity index is 785. The van der Waals surface area contributed by atoms with Crippen molar-refractivity contribution in [2.45, 2.75) is 6.10 Å². The summed E-state index contributed by atoms with van der Waals surface area (Å²) in [5, 5.41) is 19.2. The van der Waals surface area contributed by atoms with E-state index in [4.69, 9.17) is 5.26 Å². The summed E-state index contributed by atoms with van der Waals surface area (Å²) in [6.07, 6.45) is 0.605. The van der Waals surface area contributed by atoms with Crippen molar-refractivity contribution in [2.24, 2.45) is 0 Å². The van der Waals surface area contributed by atoms with Gasteiger partial charge in [-0.05, 0) is 18.2 Å². The average molecular weight is 344 g/mol. The molecule has 0 bridgehead atoms. The Labute approximate surface area is 144 Å². The quantitative estimate of drug-likeness (QED) is 0.920. The van der Waals surface area contributed by atoms with Gasteiger partial charge < -0.3 is 10.0 Å². The Hall–Kier alpha value is -2.56. The number of benzene rings is 1. The highest BCUT2D eigenvalue weighted by Crippen LogP contribution is 2.21. The second-order valence-corrected chi connectivity index (χ2v) is 5.98. The Balaban J connectivity index is 1.58. The van der Waals surface area contributed by atoms with Crippen molar-refractivity contribution >= 4 is 5.82 Å². The van der Waals surface area contributed by atoms with Crippen LogP contribution in [0.3, 0.4) is 0 Å². The first-order valence-corrected chi connectivity index (χ1v) is 8.03. The normalized spacial score (nSPS) is 16.5. The van der Waals surface area contributed by atoms with E-state index < -0.39 is 17.7 Å². The molecule has 1 atom stereocenters. The molecule has 130 valence electrons. The summed E-state index contributed by atoms with van der Waals surface area (Å²) in [5.41, 5.74) is 0.668. The summed E-state index contributed by atoms with van der Waals surface area (Å²) < 4.78 is 26.7. The highest BCUT2D eigenvalue weighted by Gasteiger charge is 2.22. The molecule has 2 aromatic rings. The summed E-state index contributed by atoms with van der Waals surface area (Å²) in [6, 6.07) is 8.71. The van der Waals surface area contributed by atoms with E-state index in [1.54, 1.807) is 18.3 Å². The molecule has 1 aliphatic heterocycles. The summed E-state index contributed by atoms with van der Waals surface area (Å²) in [5.74, 6) is -0.637. The first kappa shape index (κ1) is 17.3. The van der Waals surface area contributed by atoms with Gasteiger partial charge in [-0.2, -0.15) is 5.26 Å². The minimum Gasteiger partial charge on any atom is -0.387 e. The predicted molar refractivity (Wildman–Crippen MR) is 88.9 cm³/mol. The molecule has 1 fully saturated rings. The molecule has 1 aliphatic rings. The van der Waals surface area contributed by atoms with E-state index in [-0.39, 0.29) is 12.1 Å². The van der Waals surface area contributed by atoms with Crippen molar-refractivity contribution in [3.8, 4) is 6.07 Å². The standard InChI is InChI=1S/C18H18F2N4O/c19-14-1-2-15(16(20)10-14)17(25)12-23-5-7-24(8-6-23)18-9-13(11-21)3-4-22-18/h1-4,9-10,17,25H,5-8,12H2/t17-/m1/s1. The van der Waals surface area contributed by atoms with Crippen molar-refractivity contribution in [1.82, 2.24) is 9.88 Å². The van der Waals surface area contributed by atoms with Gasteiger partial charge in [-0.1, -0.05) is 6.07 Å². The average Bonchev–Trinajstić information content (AvgIpc) is 2.62. The Kier molecular flexibility index (Phi) is 5.22. The molecular formula is C18H18F2N4O. The van der Waals surface area contributed by atoms with Crippen LogP contribution in [0.25, 0.3) is 0 Å². The van der Waals surface area contributed by atoms with Gasteiger partial charge in [0.05, 0.1) is 17.7 Å². The van der Waals surface area contributed by atoms with Gasteiger partial charge in [-0.3, -0.25) is 4.90 Å². The second kappa shape index (κ2) is 7.55. The van der Waals surface area contributed by atoms with E-state index >= 15 is 0 Å². The molecule has 0 amide bonds. The summed E-state index contributed by atoms with van der Waals surface area (Å²) in [7, 11) is 0. The minimum atomic E-state index is -1.01. The van der Waals surface area contributed by atoms with E-state index in [9.17, 15) is 13.9 Å². The lowest BCUT2D eigenvalue weighted by Gasteiger charge is -2.36. The van der Waals surface area contributed by atoms with Crippen LogP contribution in [0.15, 0.2) is 36.5 Å². The largest absolute Gasteiger partial charge is 0.387 e. The third kappa shape index (κ3) is 4.10. The summed E-state index contributed by atoms with van der Waals surface area (Å²) in [4.78, 5) is 8.38. The number of β-amino-alcohol motifs (C(OH)–C–C–N with tert-alkyl or cyclic N) is 1. The monoisotopic (exact) mass is 344 g/mol. The summed E-state index contributed by atoms with van der Waals surface area (Å²) >= 11 is 0. The number of halogens is 2. The van der Waals surface area contributed by atoms with Gasteiger partial charge in [0.25, 0.3) is 0 Å². The van der Waals surface area contributed by atoms with Gasteiger partial charge in [-0.15, -0.1) is 0 Å². The van der Waals surface area contributed by atoms with Crippen LogP contribution < -0.4 is 4.90 Å². The molecular weight excluding hydrogens is 326 g/mol. The molecule has 1 aromatic heterocycles. The van der Waals surface area contributed by atoms with Crippen LogP contribution in [0, 0.1) is 23.0 Å². The van der Waals surface area contributed by atoms with Crippen molar-refractivity contribution in [1.29, 1.82) is 5.26 Å². The van der Waals surface area contributed by atoms with Crippen molar-refractivity contribution in [2.75, 3.05) is 37.6 Å². The number of nitriles is 1. The molecule has 1 saturated heterocycles. The number of aliphatic hydroxyl groups excluding tert-OH is 1. The number of hydrogen-bond donors (Lipinski definition) is 1. The van der Waals surface area contributed by atoms with Crippen LogP contribution >= 0.6 is 0 Å². The van der Waals surface area contributed by atoms with Gasteiger partial charge in [-0.25, -0.2) is 13.8 Å². The predicted octanol–water partition coefficient (Wildman–Crippen LogP) is 2.09. The van der Waals surface area contributed by atoms with E-state index in [1.165, 1.54) is 6.07 Å². The first-order chi connectivity index (χ1) is 12.1. The van der Waals surface area contributed by atoms with Gasteiger partial charge in [0.15, 0.2) is 0 Å². The third-order valence-corrected chi connectivity index (χ3v) is 4.32. The zero-order chi connectivity index (χ0) is 17.8. The molecule has 0 unspecified atom stereocenters. The molecule has 0 aliphatic carbocycles. The van der Waals surface area contributed by atoms with E-state index in [0.29, 0.717) is 31.7 Å². The zero-order valence-electron chi connectivity index (χ0n) is 13.6.